The van der Waals surface area contributed by atoms with Crippen LogP contribution in [0, 0.1) is 5.82 Å². The van der Waals surface area contributed by atoms with Crippen molar-refractivity contribution in [3.8, 4) is 5.75 Å². The van der Waals surface area contributed by atoms with Crippen molar-refractivity contribution in [2.75, 3.05) is 38.6 Å². The lowest BCUT2D eigenvalue weighted by atomic mass is 10.0. The van der Waals surface area contributed by atoms with E-state index < -0.39 is 0 Å². The topological polar surface area (TPSA) is 44.8 Å². The molecule has 5 nitrogen and oxygen atoms in total. The van der Waals surface area contributed by atoms with Crippen LogP contribution in [0.1, 0.15) is 37.8 Å². The molecule has 1 amide bonds. The Labute approximate surface area is 178 Å². The third-order valence-corrected chi connectivity index (χ3v) is 5.80. The number of carbonyl (C=O) groups excluding carboxylic acids is 1. The Bertz CT molecular complexity index is 863. The zero-order valence-corrected chi connectivity index (χ0v) is 18.3. The molecule has 6 heteroatoms. The molecule has 1 heterocycles. The van der Waals surface area contributed by atoms with Crippen molar-refractivity contribution in [2.24, 2.45) is 0 Å². The van der Waals surface area contributed by atoms with Crippen molar-refractivity contribution in [3.05, 3.63) is 59.4 Å². The van der Waals surface area contributed by atoms with E-state index in [0.29, 0.717) is 12.5 Å². The molecule has 1 unspecified atom stereocenters. The smallest absolute Gasteiger partial charge is 0.241 e. The molecule has 1 aliphatic heterocycles. The number of amides is 1. The molecule has 1 atom stereocenters. The molecule has 0 radical (unpaired) electrons. The molecule has 1 saturated heterocycles. The molecular formula is C24H32FN3O2. The van der Waals surface area contributed by atoms with Gasteiger partial charge < -0.3 is 10.1 Å². The molecule has 0 saturated carbocycles. The first-order chi connectivity index (χ1) is 14.4. The molecule has 1 aliphatic rings. The first-order valence-corrected chi connectivity index (χ1v) is 10.6. The molecule has 162 valence electrons. The van der Waals surface area contributed by atoms with E-state index in [2.05, 4.69) is 35.0 Å². The Hall–Kier alpha value is -2.44. The third-order valence-electron chi connectivity index (χ3n) is 5.80. The van der Waals surface area contributed by atoms with E-state index in [-0.39, 0.29) is 23.5 Å². The number of hydrogen-bond donors (Lipinski definition) is 1. The first-order valence-electron chi connectivity index (χ1n) is 10.6. The van der Waals surface area contributed by atoms with Gasteiger partial charge in [-0.2, -0.15) is 0 Å². The van der Waals surface area contributed by atoms with Crippen LogP contribution in [0.15, 0.2) is 42.5 Å². The van der Waals surface area contributed by atoms with Gasteiger partial charge in [-0.3, -0.25) is 14.6 Å². The maximum atomic E-state index is 13.9. The number of hydrogen-bond acceptors (Lipinski definition) is 4. The quantitative estimate of drug-likeness (QED) is 0.742. The van der Waals surface area contributed by atoms with E-state index in [0.717, 1.165) is 43.0 Å². The summed E-state index contributed by atoms with van der Waals surface area (Å²) in [5.74, 6) is 0.306. The lowest BCUT2D eigenvalue weighted by Gasteiger charge is -2.37. The summed E-state index contributed by atoms with van der Waals surface area (Å²) >= 11 is 0. The number of piperazine rings is 1. The number of carbonyl (C=O) groups is 1. The van der Waals surface area contributed by atoms with Crippen molar-refractivity contribution >= 4 is 11.6 Å². The van der Waals surface area contributed by atoms with E-state index in [1.165, 1.54) is 13.2 Å². The number of nitrogens with zero attached hydrogens (tertiary/aromatic N) is 2. The lowest BCUT2D eigenvalue weighted by Crippen LogP contribution is -2.52. The minimum Gasteiger partial charge on any atom is -0.494 e. The summed E-state index contributed by atoms with van der Waals surface area (Å²) in [6.07, 6.45) is 0. The molecule has 0 bridgehead atoms. The number of anilines is 1. The standard InChI is InChI=1S/C24H32FN3O2/c1-17(2)20-7-5-6-8-22(20)26-24(29)18(3)28-13-11-27(12-14-28)16-19-9-10-23(30-4)21(25)15-19/h5-10,15,17-18H,11-14,16H2,1-4H3,(H,26,29). The summed E-state index contributed by atoms with van der Waals surface area (Å²) in [6, 6.07) is 12.9. The molecule has 3 rings (SSSR count). The Morgan fingerprint density at radius 3 is 2.43 bits per heavy atom. The molecule has 0 spiro atoms. The molecule has 0 aliphatic carbocycles. The van der Waals surface area contributed by atoms with Gasteiger partial charge in [-0.1, -0.05) is 38.1 Å². The van der Waals surface area contributed by atoms with E-state index >= 15 is 0 Å². The maximum Gasteiger partial charge on any atom is 0.241 e. The summed E-state index contributed by atoms with van der Waals surface area (Å²) < 4.78 is 18.9. The number of benzene rings is 2. The summed E-state index contributed by atoms with van der Waals surface area (Å²) in [6.45, 7) is 10.2. The second kappa shape index (κ2) is 10.0. The number of halogens is 1. The largest absolute Gasteiger partial charge is 0.494 e. The lowest BCUT2D eigenvalue weighted by molar-refractivity contribution is -0.121. The van der Waals surface area contributed by atoms with Crippen LogP contribution >= 0.6 is 0 Å². The third kappa shape index (κ3) is 5.37. The van der Waals surface area contributed by atoms with Crippen molar-refractivity contribution in [3.63, 3.8) is 0 Å². The van der Waals surface area contributed by atoms with Gasteiger partial charge in [-0.15, -0.1) is 0 Å². The van der Waals surface area contributed by atoms with Gasteiger partial charge in [0.15, 0.2) is 11.6 Å². The molecule has 1 N–H and O–H groups in total. The highest BCUT2D eigenvalue weighted by Crippen LogP contribution is 2.24. The van der Waals surface area contributed by atoms with Crippen LogP contribution in [0.5, 0.6) is 5.75 Å². The normalized spacial score (nSPS) is 16.5. The van der Waals surface area contributed by atoms with Crippen LogP contribution < -0.4 is 10.1 Å². The van der Waals surface area contributed by atoms with Gasteiger partial charge in [0.1, 0.15) is 0 Å². The van der Waals surface area contributed by atoms with Gasteiger partial charge in [0.2, 0.25) is 5.91 Å². The minimum atomic E-state index is -0.333. The van der Waals surface area contributed by atoms with Gasteiger partial charge >= 0.3 is 0 Å². The van der Waals surface area contributed by atoms with Gasteiger partial charge in [0, 0.05) is 38.4 Å². The molecule has 1 fully saturated rings. The summed E-state index contributed by atoms with van der Waals surface area (Å²) in [5, 5.41) is 3.11. The van der Waals surface area contributed by atoms with Gasteiger partial charge in [-0.05, 0) is 42.2 Å². The monoisotopic (exact) mass is 413 g/mol. The maximum absolute atomic E-state index is 13.9. The van der Waals surface area contributed by atoms with Crippen LogP contribution in [-0.4, -0.2) is 55.0 Å². The van der Waals surface area contributed by atoms with E-state index in [4.69, 9.17) is 4.74 Å². The molecule has 2 aromatic rings. The fourth-order valence-electron chi connectivity index (χ4n) is 3.89. The van der Waals surface area contributed by atoms with Crippen LogP contribution in [0.3, 0.4) is 0 Å². The van der Waals surface area contributed by atoms with Crippen molar-refractivity contribution in [1.82, 2.24) is 9.80 Å². The second-order valence-electron chi connectivity index (χ2n) is 8.19. The van der Waals surface area contributed by atoms with Crippen molar-refractivity contribution < 1.29 is 13.9 Å². The van der Waals surface area contributed by atoms with Gasteiger partial charge in [-0.25, -0.2) is 4.39 Å². The van der Waals surface area contributed by atoms with E-state index in [9.17, 15) is 9.18 Å². The number of rotatable bonds is 7. The van der Waals surface area contributed by atoms with E-state index in [1.54, 1.807) is 6.07 Å². The van der Waals surface area contributed by atoms with E-state index in [1.807, 2.05) is 31.2 Å². The Morgan fingerprint density at radius 1 is 1.10 bits per heavy atom. The molecule has 30 heavy (non-hydrogen) atoms. The Kier molecular flexibility index (Phi) is 7.45. The van der Waals surface area contributed by atoms with Crippen LogP contribution in [0.2, 0.25) is 0 Å². The second-order valence-corrected chi connectivity index (χ2v) is 8.19. The predicted octanol–water partition coefficient (Wildman–Crippen LogP) is 4.10. The SMILES string of the molecule is COc1ccc(CN2CCN(C(C)C(=O)Nc3ccccc3C(C)C)CC2)cc1F. The van der Waals surface area contributed by atoms with Gasteiger partial charge in [0.05, 0.1) is 13.2 Å². The number of nitrogens with one attached hydrogen (secondary N) is 1. The minimum absolute atomic E-state index is 0.0220. The highest BCUT2D eigenvalue weighted by atomic mass is 19.1. The fourth-order valence-corrected chi connectivity index (χ4v) is 3.89. The molecular weight excluding hydrogens is 381 g/mol. The summed E-state index contributed by atoms with van der Waals surface area (Å²) in [7, 11) is 1.47. The van der Waals surface area contributed by atoms with Gasteiger partial charge in [0.25, 0.3) is 0 Å². The number of methoxy groups -OCH3 is 1. The predicted molar refractivity (Wildman–Crippen MR) is 118 cm³/mol. The summed E-state index contributed by atoms with van der Waals surface area (Å²) in [4.78, 5) is 17.3. The molecule has 2 aromatic carbocycles. The van der Waals surface area contributed by atoms with Crippen LogP contribution in [-0.2, 0) is 11.3 Å². The zero-order valence-electron chi connectivity index (χ0n) is 18.3. The zero-order chi connectivity index (χ0) is 21.7. The van der Waals surface area contributed by atoms with Crippen molar-refractivity contribution in [2.45, 2.75) is 39.3 Å². The van der Waals surface area contributed by atoms with Crippen LogP contribution in [0.4, 0.5) is 10.1 Å². The number of para-hydroxylation sites is 1. The average Bonchev–Trinajstić information content (AvgIpc) is 2.74. The van der Waals surface area contributed by atoms with Crippen molar-refractivity contribution in [1.29, 1.82) is 0 Å². The fraction of sp³-hybridized carbons (Fsp3) is 0.458. The first kappa shape index (κ1) is 22.2. The average molecular weight is 414 g/mol. The summed E-state index contributed by atoms with van der Waals surface area (Å²) in [5.41, 5.74) is 2.97. The molecule has 0 aromatic heterocycles. The Balaban J connectivity index is 1.53. The van der Waals surface area contributed by atoms with Crippen LogP contribution in [0.25, 0.3) is 0 Å². The highest BCUT2D eigenvalue weighted by molar-refractivity contribution is 5.95. The highest BCUT2D eigenvalue weighted by Gasteiger charge is 2.26. The Morgan fingerprint density at radius 2 is 1.80 bits per heavy atom. The number of ether oxygens (including phenoxy) is 1.